The van der Waals surface area contributed by atoms with E-state index in [0.29, 0.717) is 25.4 Å². The average Bonchev–Trinajstić information content (AvgIpc) is 2.73. The summed E-state index contributed by atoms with van der Waals surface area (Å²) in [4.78, 5) is 19.6. The average molecular weight is 406 g/mol. The van der Waals surface area contributed by atoms with Crippen LogP contribution in [0.1, 0.15) is 69.9 Å². The highest BCUT2D eigenvalue weighted by atomic mass is 32.2. The van der Waals surface area contributed by atoms with Crippen molar-refractivity contribution in [1.29, 1.82) is 0 Å². The molecule has 2 aliphatic heterocycles. The fourth-order valence-electron chi connectivity index (χ4n) is 5.55. The number of carbonyl (C=O) groups excluding carboxylic acids is 1. The number of aromatic nitrogens is 1. The number of likely N-dealkylation sites (tertiary alicyclic amines) is 1. The van der Waals surface area contributed by atoms with Gasteiger partial charge < -0.3 is 4.90 Å². The maximum Gasteiger partial charge on any atom is 0.232 e. The Morgan fingerprint density at radius 2 is 1.75 bits per heavy atom. The summed E-state index contributed by atoms with van der Waals surface area (Å²) in [6.45, 7) is 2.94. The number of piperidine rings is 1. The largest absolute Gasteiger partial charge is 0.331 e. The number of nitrogens with zero attached hydrogens (tertiary/aromatic N) is 3. The summed E-state index contributed by atoms with van der Waals surface area (Å²) in [6.07, 6.45) is 11.1. The molecule has 4 rings (SSSR count). The molecule has 1 aromatic heterocycles. The van der Waals surface area contributed by atoms with E-state index in [1.165, 1.54) is 12.0 Å². The van der Waals surface area contributed by atoms with Crippen LogP contribution >= 0.6 is 0 Å². The van der Waals surface area contributed by atoms with Crippen LogP contribution in [0.15, 0.2) is 24.5 Å². The van der Waals surface area contributed by atoms with E-state index in [1.807, 2.05) is 31.5 Å². The lowest BCUT2D eigenvalue weighted by molar-refractivity contribution is -0.186. The second-order valence-corrected chi connectivity index (χ2v) is 10.6. The third-order valence-corrected chi connectivity index (χ3v) is 8.98. The van der Waals surface area contributed by atoms with E-state index in [1.54, 1.807) is 4.31 Å². The number of carbonyl (C=O) groups is 1. The molecule has 3 heterocycles. The molecule has 1 aromatic rings. The molecule has 3 aliphatic rings. The van der Waals surface area contributed by atoms with E-state index >= 15 is 0 Å². The van der Waals surface area contributed by atoms with Gasteiger partial charge in [-0.1, -0.05) is 26.2 Å². The summed E-state index contributed by atoms with van der Waals surface area (Å²) < 4.78 is 26.4. The molecule has 1 amide bonds. The highest BCUT2D eigenvalue weighted by molar-refractivity contribution is 7.89. The number of amides is 1. The van der Waals surface area contributed by atoms with Crippen LogP contribution in [0.4, 0.5) is 0 Å². The van der Waals surface area contributed by atoms with Gasteiger partial charge in [-0.3, -0.25) is 9.78 Å². The zero-order chi connectivity index (χ0) is 19.8. The molecule has 3 fully saturated rings. The first-order valence-electron chi connectivity index (χ1n) is 10.7. The van der Waals surface area contributed by atoms with Gasteiger partial charge in [0, 0.05) is 31.5 Å². The van der Waals surface area contributed by atoms with Crippen molar-refractivity contribution in [1.82, 2.24) is 14.2 Å². The van der Waals surface area contributed by atoms with E-state index in [4.69, 9.17) is 0 Å². The van der Waals surface area contributed by atoms with Gasteiger partial charge in [-0.2, -0.15) is 0 Å². The Morgan fingerprint density at radius 3 is 2.36 bits per heavy atom. The molecule has 0 bridgehead atoms. The molecular weight excluding hydrogens is 374 g/mol. The molecule has 6 nitrogen and oxygen atoms in total. The minimum atomic E-state index is -3.16. The molecule has 1 atom stereocenters. The smallest absolute Gasteiger partial charge is 0.232 e. The summed E-state index contributed by atoms with van der Waals surface area (Å²) in [6, 6.07) is 4.33. The summed E-state index contributed by atoms with van der Waals surface area (Å²) >= 11 is 0. The van der Waals surface area contributed by atoms with Gasteiger partial charge in [-0.15, -0.1) is 0 Å². The number of rotatable bonds is 5. The molecule has 2 saturated heterocycles. The van der Waals surface area contributed by atoms with Gasteiger partial charge in [0.2, 0.25) is 15.9 Å². The van der Waals surface area contributed by atoms with Crippen molar-refractivity contribution in [2.45, 2.75) is 70.4 Å². The normalized spacial score (nSPS) is 26.4. The first kappa shape index (κ1) is 19.8. The molecule has 154 valence electrons. The van der Waals surface area contributed by atoms with Gasteiger partial charge in [-0.05, 0) is 49.8 Å². The van der Waals surface area contributed by atoms with Crippen molar-refractivity contribution in [3.05, 3.63) is 30.1 Å². The maximum absolute atomic E-state index is 13.4. The molecule has 1 saturated carbocycles. The van der Waals surface area contributed by atoms with Crippen LogP contribution in [0.5, 0.6) is 0 Å². The van der Waals surface area contributed by atoms with E-state index in [0.717, 1.165) is 38.5 Å². The van der Waals surface area contributed by atoms with Crippen molar-refractivity contribution < 1.29 is 13.2 Å². The van der Waals surface area contributed by atoms with Gasteiger partial charge in [0.05, 0.1) is 17.2 Å². The molecule has 7 heteroatoms. The number of β-lactam (4-membered cyclic amide) rings is 1. The van der Waals surface area contributed by atoms with Crippen molar-refractivity contribution in [3.63, 3.8) is 0 Å². The second-order valence-electron chi connectivity index (χ2n) is 8.56. The van der Waals surface area contributed by atoms with Gasteiger partial charge >= 0.3 is 0 Å². The van der Waals surface area contributed by atoms with E-state index in [2.05, 4.69) is 9.88 Å². The highest BCUT2D eigenvalue weighted by Crippen LogP contribution is 2.59. The predicted octanol–water partition coefficient (Wildman–Crippen LogP) is 3.12. The number of sulfonamides is 1. The van der Waals surface area contributed by atoms with Gasteiger partial charge in [0.1, 0.15) is 0 Å². The summed E-state index contributed by atoms with van der Waals surface area (Å²) in [5, 5.41) is 0. The summed E-state index contributed by atoms with van der Waals surface area (Å²) in [5.41, 5.74) is 0.933. The van der Waals surface area contributed by atoms with Crippen LogP contribution < -0.4 is 0 Å². The summed E-state index contributed by atoms with van der Waals surface area (Å²) in [5.74, 6) is 0.507. The molecule has 1 aliphatic carbocycles. The topological polar surface area (TPSA) is 70.6 Å². The number of hydrogen-bond acceptors (Lipinski definition) is 4. The first-order chi connectivity index (χ1) is 13.5. The van der Waals surface area contributed by atoms with Crippen LogP contribution in [0.2, 0.25) is 0 Å². The van der Waals surface area contributed by atoms with Crippen LogP contribution in [-0.4, -0.2) is 53.4 Å². The van der Waals surface area contributed by atoms with Crippen molar-refractivity contribution in [2.75, 3.05) is 18.8 Å². The lowest BCUT2D eigenvalue weighted by Gasteiger charge is -2.61. The lowest BCUT2D eigenvalue weighted by atomic mass is 9.59. The van der Waals surface area contributed by atoms with E-state index in [9.17, 15) is 13.2 Å². The Hall–Kier alpha value is -1.47. The SMILES string of the molecule is CCCS(=O)(=O)N1CCC(N2C(=O)C3(CCCCC3)C2c2ccncc2)CC1. The fraction of sp³-hybridized carbons (Fsp3) is 0.714. The number of hydrogen-bond donors (Lipinski definition) is 0. The zero-order valence-electron chi connectivity index (χ0n) is 16.7. The molecule has 1 unspecified atom stereocenters. The van der Waals surface area contributed by atoms with Gasteiger partial charge in [-0.25, -0.2) is 12.7 Å². The maximum atomic E-state index is 13.4. The fourth-order valence-corrected chi connectivity index (χ4v) is 7.09. The van der Waals surface area contributed by atoms with Crippen molar-refractivity contribution >= 4 is 15.9 Å². The molecule has 1 spiro atoms. The Labute approximate surface area is 168 Å². The molecule has 0 aromatic carbocycles. The molecule has 0 N–H and O–H groups in total. The Bertz CT molecular complexity index is 797. The molecule has 28 heavy (non-hydrogen) atoms. The lowest BCUT2D eigenvalue weighted by Crippen LogP contribution is -2.67. The minimum Gasteiger partial charge on any atom is -0.331 e. The highest BCUT2D eigenvalue weighted by Gasteiger charge is 2.62. The quantitative estimate of drug-likeness (QED) is 0.706. The number of pyridine rings is 1. The van der Waals surface area contributed by atoms with Crippen LogP contribution in [0.3, 0.4) is 0 Å². The van der Waals surface area contributed by atoms with Crippen LogP contribution in [0.25, 0.3) is 0 Å². The van der Waals surface area contributed by atoms with Crippen LogP contribution in [0, 0.1) is 5.41 Å². The molecule has 0 radical (unpaired) electrons. The Morgan fingerprint density at radius 1 is 1.11 bits per heavy atom. The molecular formula is C21H31N3O3S. The van der Waals surface area contributed by atoms with Crippen LogP contribution in [-0.2, 0) is 14.8 Å². The van der Waals surface area contributed by atoms with Gasteiger partial charge in [0.15, 0.2) is 0 Å². The van der Waals surface area contributed by atoms with E-state index in [-0.39, 0.29) is 23.3 Å². The Kier molecular flexibility index (Phi) is 5.49. The third kappa shape index (κ3) is 3.26. The minimum absolute atomic E-state index is 0.118. The summed E-state index contributed by atoms with van der Waals surface area (Å²) in [7, 11) is -3.16. The van der Waals surface area contributed by atoms with Crippen molar-refractivity contribution in [2.24, 2.45) is 5.41 Å². The third-order valence-electron chi connectivity index (χ3n) is 6.90. The monoisotopic (exact) mass is 405 g/mol. The Balaban J connectivity index is 1.53. The first-order valence-corrected chi connectivity index (χ1v) is 12.3. The van der Waals surface area contributed by atoms with E-state index < -0.39 is 10.0 Å². The predicted molar refractivity (Wildman–Crippen MR) is 108 cm³/mol. The van der Waals surface area contributed by atoms with Crippen molar-refractivity contribution in [3.8, 4) is 0 Å². The zero-order valence-corrected chi connectivity index (χ0v) is 17.5. The second kappa shape index (κ2) is 7.75. The standard InChI is InChI=1S/C21H31N3O3S/c1-2-16-28(26,27)23-14-8-18(9-15-23)24-19(17-6-12-22-13-7-17)21(20(24)25)10-4-3-5-11-21/h6-7,12-13,18-19H,2-5,8-11,14-16H2,1H3. The van der Waals surface area contributed by atoms with Gasteiger partial charge in [0.25, 0.3) is 0 Å².